The Balaban J connectivity index is 1.74. The van der Waals surface area contributed by atoms with Crippen molar-refractivity contribution in [3.05, 3.63) is 22.8 Å². The largest absolute Gasteiger partial charge is 0.481 e. The molecule has 0 aromatic rings. The Morgan fingerprint density at radius 2 is 1.74 bits per heavy atom. The number of allylic oxidation sites excluding steroid dienone is 3. The van der Waals surface area contributed by atoms with Crippen LogP contribution < -0.4 is 0 Å². The Morgan fingerprint density at radius 3 is 2.35 bits per heavy atom. The SMILES string of the molecule is CC(C)=CCC[C@@H](C(=O)O)[C@H]1C[C@H](O)[C@@]2(C)C3=C(CC[C@]12C)[C@@]1(C)CCC(=O)C(C)(C)C1CC3. The number of carboxylic acids is 1. The van der Waals surface area contributed by atoms with Crippen molar-refractivity contribution >= 4 is 11.8 Å². The Labute approximate surface area is 206 Å². The molecule has 7 atom stereocenters. The molecule has 0 bridgehead atoms. The van der Waals surface area contributed by atoms with E-state index >= 15 is 0 Å². The first-order valence-corrected chi connectivity index (χ1v) is 13.5. The molecule has 4 nitrogen and oxygen atoms in total. The first-order valence-electron chi connectivity index (χ1n) is 13.5. The van der Waals surface area contributed by atoms with Crippen molar-refractivity contribution in [2.45, 2.75) is 112 Å². The molecule has 0 amide bonds. The van der Waals surface area contributed by atoms with Crippen molar-refractivity contribution in [3.63, 3.8) is 0 Å². The third kappa shape index (κ3) is 3.41. The van der Waals surface area contributed by atoms with E-state index in [4.69, 9.17) is 0 Å². The van der Waals surface area contributed by atoms with Crippen LogP contribution >= 0.6 is 0 Å². The number of aliphatic hydroxyl groups excluding tert-OH is 1. The first-order chi connectivity index (χ1) is 15.7. The second-order valence-corrected chi connectivity index (χ2v) is 13.4. The number of hydrogen-bond donors (Lipinski definition) is 2. The minimum Gasteiger partial charge on any atom is -0.481 e. The number of aliphatic hydroxyl groups is 1. The van der Waals surface area contributed by atoms with Crippen LogP contribution in [0.2, 0.25) is 0 Å². The summed E-state index contributed by atoms with van der Waals surface area (Å²) in [6, 6.07) is 0. The van der Waals surface area contributed by atoms with Crippen LogP contribution in [0.15, 0.2) is 22.8 Å². The third-order valence-electron chi connectivity index (χ3n) is 11.5. The molecule has 4 rings (SSSR count). The molecule has 34 heavy (non-hydrogen) atoms. The summed E-state index contributed by atoms with van der Waals surface area (Å²) >= 11 is 0. The molecule has 0 saturated heterocycles. The van der Waals surface area contributed by atoms with Crippen molar-refractivity contribution in [2.75, 3.05) is 0 Å². The van der Waals surface area contributed by atoms with Gasteiger partial charge >= 0.3 is 5.97 Å². The summed E-state index contributed by atoms with van der Waals surface area (Å²) in [4.78, 5) is 25.3. The van der Waals surface area contributed by atoms with Crippen LogP contribution in [0.4, 0.5) is 0 Å². The molecule has 2 N–H and O–H groups in total. The Kier molecular flexibility index (Phi) is 6.28. The number of carbonyl (C=O) groups excluding carboxylic acids is 1. The molecule has 4 heteroatoms. The average molecular weight is 471 g/mol. The van der Waals surface area contributed by atoms with Gasteiger partial charge in [0.1, 0.15) is 5.78 Å². The fourth-order valence-corrected chi connectivity index (χ4v) is 9.23. The highest BCUT2D eigenvalue weighted by molar-refractivity contribution is 5.85. The van der Waals surface area contributed by atoms with Gasteiger partial charge in [-0.3, -0.25) is 9.59 Å². The molecule has 4 aliphatic rings. The molecule has 0 aliphatic heterocycles. The molecule has 0 aromatic heterocycles. The van der Waals surface area contributed by atoms with Crippen molar-refractivity contribution < 1.29 is 19.8 Å². The van der Waals surface area contributed by atoms with Gasteiger partial charge in [-0.1, -0.05) is 57.4 Å². The van der Waals surface area contributed by atoms with Crippen LogP contribution in [0.1, 0.15) is 106 Å². The van der Waals surface area contributed by atoms with Crippen LogP contribution in [-0.4, -0.2) is 28.1 Å². The number of hydrogen-bond acceptors (Lipinski definition) is 3. The molecule has 0 spiro atoms. The van der Waals surface area contributed by atoms with Crippen LogP contribution in [0.3, 0.4) is 0 Å². The summed E-state index contributed by atoms with van der Waals surface area (Å²) in [5, 5.41) is 21.9. The molecule has 2 saturated carbocycles. The van der Waals surface area contributed by atoms with Crippen molar-refractivity contribution in [3.8, 4) is 0 Å². The molecule has 0 aromatic carbocycles. The van der Waals surface area contributed by atoms with E-state index in [1.165, 1.54) is 16.7 Å². The first kappa shape index (κ1) is 25.7. The van der Waals surface area contributed by atoms with E-state index in [0.717, 1.165) is 38.5 Å². The quantitative estimate of drug-likeness (QED) is 0.437. The number of aliphatic carboxylic acids is 1. The topological polar surface area (TPSA) is 74.6 Å². The number of carbonyl (C=O) groups is 2. The van der Waals surface area contributed by atoms with Crippen LogP contribution in [0.5, 0.6) is 0 Å². The van der Waals surface area contributed by atoms with Crippen LogP contribution in [0, 0.1) is 39.4 Å². The lowest BCUT2D eigenvalue weighted by molar-refractivity contribution is -0.146. The maximum Gasteiger partial charge on any atom is 0.306 e. The number of carboxylic acid groups (broad SMARTS) is 1. The molecule has 190 valence electrons. The fraction of sp³-hybridized carbons (Fsp3) is 0.800. The maximum absolute atomic E-state index is 12.8. The lowest BCUT2D eigenvalue weighted by Gasteiger charge is -2.61. The van der Waals surface area contributed by atoms with Crippen molar-refractivity contribution in [1.82, 2.24) is 0 Å². The Bertz CT molecular complexity index is 937. The van der Waals surface area contributed by atoms with Crippen molar-refractivity contribution in [1.29, 1.82) is 0 Å². The number of Topliss-reactive ketones (excluding diaryl/α,β-unsaturated/α-hetero) is 1. The molecule has 0 heterocycles. The van der Waals surface area contributed by atoms with Crippen LogP contribution in [-0.2, 0) is 9.59 Å². The molecule has 1 unspecified atom stereocenters. The second-order valence-electron chi connectivity index (χ2n) is 13.4. The predicted molar refractivity (Wildman–Crippen MR) is 135 cm³/mol. The van der Waals surface area contributed by atoms with E-state index in [1.54, 1.807) is 0 Å². The Morgan fingerprint density at radius 1 is 1.06 bits per heavy atom. The summed E-state index contributed by atoms with van der Waals surface area (Å²) < 4.78 is 0. The highest BCUT2D eigenvalue weighted by Gasteiger charge is 2.67. The molecular formula is C30H46O4. The van der Waals surface area contributed by atoms with Gasteiger partial charge in [0, 0.05) is 17.3 Å². The molecule has 2 fully saturated rings. The normalized spacial score (nSPS) is 41.9. The number of rotatable bonds is 5. The van der Waals surface area contributed by atoms with E-state index in [-0.39, 0.29) is 22.2 Å². The highest BCUT2D eigenvalue weighted by atomic mass is 16.4. The maximum atomic E-state index is 12.8. The standard InChI is InChI=1S/C30H46O4/c1-18(2)9-8-10-19(26(33)34)22-17-25(32)30(7)21-11-12-23-27(3,4)24(31)14-15-28(23,5)20(21)13-16-29(22,30)6/h9,19,22-23,25,32H,8,10-17H2,1-7H3,(H,33,34)/t19-,22-,23?,25+,28-,29-,30-/m1/s1. The zero-order valence-corrected chi connectivity index (χ0v) is 22.5. The summed E-state index contributed by atoms with van der Waals surface area (Å²) in [7, 11) is 0. The highest BCUT2D eigenvalue weighted by Crippen LogP contribution is 2.72. The van der Waals surface area contributed by atoms with E-state index in [9.17, 15) is 19.8 Å². The zero-order chi connectivity index (χ0) is 25.3. The predicted octanol–water partition coefficient (Wildman–Crippen LogP) is 6.72. The Hall–Kier alpha value is -1.42. The zero-order valence-electron chi connectivity index (χ0n) is 22.5. The third-order valence-corrected chi connectivity index (χ3v) is 11.5. The minimum absolute atomic E-state index is 0.00276. The van der Waals surface area contributed by atoms with E-state index < -0.39 is 23.4 Å². The monoisotopic (exact) mass is 470 g/mol. The fourth-order valence-electron chi connectivity index (χ4n) is 9.23. The average Bonchev–Trinajstić information content (AvgIpc) is 2.95. The second kappa shape index (κ2) is 8.32. The van der Waals surface area contributed by atoms with E-state index in [2.05, 4.69) is 54.5 Å². The lowest BCUT2D eigenvalue weighted by Crippen LogP contribution is -2.55. The lowest BCUT2D eigenvalue weighted by atomic mass is 9.43. The number of fused-ring (bicyclic) bond motifs is 4. The van der Waals surface area contributed by atoms with Gasteiger partial charge in [-0.25, -0.2) is 0 Å². The van der Waals surface area contributed by atoms with Gasteiger partial charge < -0.3 is 10.2 Å². The molecule has 0 radical (unpaired) electrons. The van der Waals surface area contributed by atoms with Gasteiger partial charge in [-0.05, 0) is 87.9 Å². The summed E-state index contributed by atoms with van der Waals surface area (Å²) in [6.45, 7) is 15.3. The van der Waals surface area contributed by atoms with E-state index in [0.29, 0.717) is 31.0 Å². The minimum atomic E-state index is -0.715. The molecule has 4 aliphatic carbocycles. The molecular weight excluding hydrogens is 424 g/mol. The van der Waals surface area contributed by atoms with E-state index in [1.807, 2.05) is 0 Å². The van der Waals surface area contributed by atoms with Gasteiger partial charge in [-0.15, -0.1) is 0 Å². The summed E-state index contributed by atoms with van der Waals surface area (Å²) in [6.07, 6.45) is 8.95. The van der Waals surface area contributed by atoms with Gasteiger partial charge in [0.25, 0.3) is 0 Å². The summed E-state index contributed by atoms with van der Waals surface area (Å²) in [5.41, 5.74) is 3.20. The van der Waals surface area contributed by atoms with Crippen LogP contribution in [0.25, 0.3) is 0 Å². The van der Waals surface area contributed by atoms with Gasteiger partial charge in [0.05, 0.1) is 12.0 Å². The van der Waals surface area contributed by atoms with Gasteiger partial charge in [0.15, 0.2) is 0 Å². The van der Waals surface area contributed by atoms with Gasteiger partial charge in [0.2, 0.25) is 0 Å². The van der Waals surface area contributed by atoms with Gasteiger partial charge in [-0.2, -0.15) is 0 Å². The van der Waals surface area contributed by atoms with Crippen molar-refractivity contribution in [2.24, 2.45) is 39.4 Å². The number of ketones is 1. The summed E-state index contributed by atoms with van der Waals surface area (Å²) in [5.74, 6) is -0.435. The smallest absolute Gasteiger partial charge is 0.306 e.